The van der Waals surface area contributed by atoms with Crippen molar-refractivity contribution in [2.24, 2.45) is 50.2 Å². The minimum atomic E-state index is -0.536. The molecule has 8 nitrogen and oxygen atoms in total. The summed E-state index contributed by atoms with van der Waals surface area (Å²) in [5.74, 6) is -0.0783. The van der Waals surface area contributed by atoms with Crippen LogP contribution in [-0.2, 0) is 19.1 Å². The molecule has 1 aromatic carbocycles. The minimum Gasteiger partial charge on any atom is -0.469 e. The zero-order chi connectivity index (χ0) is 35.1. The number of urea groups is 1. The van der Waals surface area contributed by atoms with Crippen LogP contribution in [0, 0.1) is 50.2 Å². The molecule has 0 aliphatic heterocycles. The van der Waals surface area contributed by atoms with E-state index in [-0.39, 0.29) is 68.7 Å². The summed E-state index contributed by atoms with van der Waals surface area (Å²) in [7, 11) is 2.81. The van der Waals surface area contributed by atoms with E-state index in [1.165, 1.54) is 19.8 Å². The summed E-state index contributed by atoms with van der Waals surface area (Å²) in [6.45, 7) is 16.1. The van der Waals surface area contributed by atoms with Crippen molar-refractivity contribution in [3.63, 3.8) is 0 Å². The van der Waals surface area contributed by atoms with E-state index in [0.29, 0.717) is 11.3 Å². The Bertz CT molecular complexity index is 1570. The predicted octanol–water partition coefficient (Wildman–Crippen LogP) is 8.12. The van der Waals surface area contributed by atoms with Gasteiger partial charge in [0.2, 0.25) is 0 Å². The van der Waals surface area contributed by atoms with Gasteiger partial charge < -0.3 is 20.1 Å². The number of ether oxygens (including phenoxy) is 2. The zero-order valence-electron chi connectivity index (χ0n) is 30.5. The normalized spacial score (nSPS) is 41.3. The van der Waals surface area contributed by atoms with Crippen LogP contribution in [0.25, 0.3) is 0 Å². The number of allylic oxidation sites excluding steroid dienone is 2. The van der Waals surface area contributed by atoms with Gasteiger partial charge >= 0.3 is 18.0 Å². The smallest absolute Gasteiger partial charge is 0.339 e. The van der Waals surface area contributed by atoms with Gasteiger partial charge in [-0.25, -0.2) is 9.59 Å². The van der Waals surface area contributed by atoms with Gasteiger partial charge in [-0.15, -0.1) is 0 Å². The topological polar surface area (TPSA) is 111 Å². The van der Waals surface area contributed by atoms with Gasteiger partial charge in [0, 0.05) is 12.0 Å². The van der Waals surface area contributed by atoms with Crippen LogP contribution in [-0.4, -0.2) is 44.0 Å². The number of hydrogen-bond acceptors (Lipinski definition) is 6. The maximum absolute atomic E-state index is 14.7. The number of carbonyl (C=O) groups is 4. The molecule has 0 aromatic heterocycles. The lowest BCUT2D eigenvalue weighted by Gasteiger charge is -2.70. The fourth-order valence-electron chi connectivity index (χ4n) is 12.1. The van der Waals surface area contributed by atoms with Gasteiger partial charge in [-0.3, -0.25) is 9.59 Å². The van der Waals surface area contributed by atoms with Crippen LogP contribution >= 0.6 is 0 Å². The molecule has 9 atom stereocenters. The lowest BCUT2D eigenvalue weighted by atomic mass is 9.33. The number of para-hydroxylation sites is 1. The Kier molecular flexibility index (Phi) is 8.27. The van der Waals surface area contributed by atoms with Crippen LogP contribution in [0.4, 0.5) is 10.5 Å². The summed E-state index contributed by atoms with van der Waals surface area (Å²) in [5, 5.41) is 6.14. The van der Waals surface area contributed by atoms with Crippen molar-refractivity contribution in [2.75, 3.05) is 19.5 Å². The van der Waals surface area contributed by atoms with Gasteiger partial charge in [-0.05, 0) is 122 Å². The molecule has 5 aliphatic rings. The van der Waals surface area contributed by atoms with Crippen molar-refractivity contribution in [2.45, 2.75) is 112 Å². The van der Waals surface area contributed by atoms with E-state index in [0.717, 1.165) is 57.8 Å². The molecule has 2 amide bonds. The van der Waals surface area contributed by atoms with E-state index in [4.69, 9.17) is 9.47 Å². The molecule has 0 spiro atoms. The third-order valence-corrected chi connectivity index (χ3v) is 15.2. The number of esters is 2. The third-order valence-electron chi connectivity index (χ3n) is 15.2. The molecule has 2 N–H and O–H groups in total. The molecule has 0 bridgehead atoms. The Morgan fingerprint density at radius 1 is 0.833 bits per heavy atom. The molecular weight excluding hydrogens is 604 g/mol. The Morgan fingerprint density at radius 2 is 1.52 bits per heavy atom. The van der Waals surface area contributed by atoms with Gasteiger partial charge in [0.1, 0.15) is 0 Å². The average Bonchev–Trinajstić information content (AvgIpc) is 3.03. The minimum absolute atomic E-state index is 0.0765. The lowest BCUT2D eigenvalue weighted by Crippen LogP contribution is -2.67. The third kappa shape index (κ3) is 4.89. The van der Waals surface area contributed by atoms with Crippen molar-refractivity contribution in [3.05, 3.63) is 41.5 Å². The average molecular weight is 661 g/mol. The molecule has 4 saturated carbocycles. The van der Waals surface area contributed by atoms with Crippen LogP contribution < -0.4 is 10.6 Å². The van der Waals surface area contributed by atoms with Crippen molar-refractivity contribution < 1.29 is 28.7 Å². The first-order chi connectivity index (χ1) is 22.4. The number of amides is 2. The summed E-state index contributed by atoms with van der Waals surface area (Å²) >= 11 is 0. The van der Waals surface area contributed by atoms with Gasteiger partial charge in [0.25, 0.3) is 0 Å². The van der Waals surface area contributed by atoms with E-state index in [1.807, 2.05) is 0 Å². The zero-order valence-corrected chi connectivity index (χ0v) is 30.5. The number of fused-ring (bicyclic) bond motifs is 7. The second-order valence-electron chi connectivity index (χ2n) is 17.8. The van der Waals surface area contributed by atoms with Crippen molar-refractivity contribution in [1.82, 2.24) is 5.32 Å². The standard InChI is InChI=1S/C40H56N2O6/c1-35(2)29-14-17-40(7)31(38(29,5)16-15-30(35)42-34(46)41-27-13-11-10-12-24(27)32(44)47-8)28(43)22-25-26-23-37(4,33(45)48-9)19-18-36(26,3)20-21-39(25,40)6/h10-13,22,26,29-31H,14-21,23H2,1-9H3,(H2,41,42,46)/t26?,29-,30?,31?,36+,37-,38-,39+,40+/m0/s1. The molecule has 0 radical (unpaired) electrons. The number of anilines is 1. The molecule has 5 aliphatic carbocycles. The van der Waals surface area contributed by atoms with E-state index in [2.05, 4.69) is 65.2 Å². The van der Waals surface area contributed by atoms with Crippen LogP contribution in [0.1, 0.15) is 117 Å². The Balaban J connectivity index is 1.28. The van der Waals surface area contributed by atoms with Gasteiger partial charge in [-0.2, -0.15) is 0 Å². The summed E-state index contributed by atoms with van der Waals surface area (Å²) in [4.78, 5) is 53.4. The van der Waals surface area contributed by atoms with Gasteiger partial charge in [0.05, 0.1) is 30.9 Å². The highest BCUT2D eigenvalue weighted by Gasteiger charge is 2.70. The number of benzene rings is 1. The highest BCUT2D eigenvalue weighted by Crippen LogP contribution is 2.75. The first-order valence-electron chi connectivity index (χ1n) is 18.0. The largest absolute Gasteiger partial charge is 0.469 e. The number of carbonyl (C=O) groups excluding carboxylic acids is 4. The van der Waals surface area contributed by atoms with Crippen LogP contribution in [0.2, 0.25) is 0 Å². The highest BCUT2D eigenvalue weighted by molar-refractivity contribution is 6.01. The molecule has 1 aromatic rings. The number of hydrogen-bond donors (Lipinski definition) is 2. The van der Waals surface area contributed by atoms with Crippen molar-refractivity contribution in [1.29, 1.82) is 0 Å². The second kappa shape index (κ2) is 11.4. The second-order valence-corrected chi connectivity index (χ2v) is 17.8. The first kappa shape index (κ1) is 34.7. The van der Waals surface area contributed by atoms with E-state index in [9.17, 15) is 19.2 Å². The maximum Gasteiger partial charge on any atom is 0.339 e. The predicted molar refractivity (Wildman–Crippen MR) is 185 cm³/mol. The number of rotatable bonds is 4. The van der Waals surface area contributed by atoms with Crippen LogP contribution in [0.3, 0.4) is 0 Å². The Morgan fingerprint density at radius 3 is 2.21 bits per heavy atom. The summed E-state index contributed by atoms with van der Waals surface area (Å²) in [6.07, 6.45) is 10.3. The summed E-state index contributed by atoms with van der Waals surface area (Å²) in [6, 6.07) is 6.40. The molecule has 3 unspecified atom stereocenters. The monoisotopic (exact) mass is 660 g/mol. The van der Waals surface area contributed by atoms with Crippen molar-refractivity contribution in [3.8, 4) is 0 Å². The Hall–Kier alpha value is -3.16. The Labute approximate surface area is 286 Å². The number of ketones is 1. The fourth-order valence-corrected chi connectivity index (χ4v) is 12.1. The quantitative estimate of drug-likeness (QED) is 0.316. The molecule has 6 rings (SSSR count). The van der Waals surface area contributed by atoms with Crippen LogP contribution in [0.5, 0.6) is 0 Å². The summed E-state index contributed by atoms with van der Waals surface area (Å²) in [5.41, 5.74) is 0.712. The lowest BCUT2D eigenvalue weighted by molar-refractivity contribution is -0.189. The van der Waals surface area contributed by atoms with Crippen molar-refractivity contribution >= 4 is 29.4 Å². The maximum atomic E-state index is 14.7. The molecule has 0 saturated heterocycles. The SMILES string of the molecule is COC(=O)c1ccccc1NC(=O)NC1CC[C@]2(C)C3C(=O)C=C4C5C[C@@](C)(C(=O)OC)CC[C@]5(C)CC[C@@]4(C)[C@]3(C)CC[C@H]2C1(C)C. The summed E-state index contributed by atoms with van der Waals surface area (Å²) < 4.78 is 10.2. The van der Waals surface area contributed by atoms with Gasteiger partial charge in [-0.1, -0.05) is 59.2 Å². The molecule has 262 valence electrons. The number of nitrogens with one attached hydrogen (secondary N) is 2. The molecule has 4 fully saturated rings. The van der Waals surface area contributed by atoms with E-state index >= 15 is 0 Å². The van der Waals surface area contributed by atoms with Gasteiger partial charge in [0.15, 0.2) is 5.78 Å². The van der Waals surface area contributed by atoms with Crippen LogP contribution in [0.15, 0.2) is 35.9 Å². The molecule has 0 heterocycles. The van der Waals surface area contributed by atoms with E-state index in [1.54, 1.807) is 24.3 Å². The molecule has 8 heteroatoms. The first-order valence-corrected chi connectivity index (χ1v) is 18.0. The molecular formula is C40H56N2O6. The molecule has 48 heavy (non-hydrogen) atoms. The fraction of sp³-hybridized carbons (Fsp3) is 0.700. The number of methoxy groups -OCH3 is 2. The highest BCUT2D eigenvalue weighted by atomic mass is 16.5. The van der Waals surface area contributed by atoms with E-state index < -0.39 is 11.4 Å².